The number of hydrogen-bond donors (Lipinski definition) is 3. The monoisotopic (exact) mass is 873 g/mol. The van der Waals surface area contributed by atoms with Gasteiger partial charge in [0.05, 0.1) is 28.6 Å². The van der Waals surface area contributed by atoms with Crippen LogP contribution in [0.25, 0.3) is 44.1 Å². The number of sulfone groups is 1. The predicted molar refractivity (Wildman–Crippen MR) is 252 cm³/mol. The molecule has 1 amide bonds. The van der Waals surface area contributed by atoms with Crippen molar-refractivity contribution >= 4 is 48.9 Å². The molecule has 12 heteroatoms. The van der Waals surface area contributed by atoms with Crippen molar-refractivity contribution in [3.63, 3.8) is 0 Å². The Bertz CT molecular complexity index is 3020. The van der Waals surface area contributed by atoms with Crippen molar-refractivity contribution in [3.05, 3.63) is 144 Å². The summed E-state index contributed by atoms with van der Waals surface area (Å²) in [4.78, 5) is 33.8. The first-order chi connectivity index (χ1) is 30.7. The first-order valence-electron chi connectivity index (χ1n) is 20.4. The number of carboxylic acids is 1. The number of amides is 1. The van der Waals surface area contributed by atoms with Crippen molar-refractivity contribution in [2.24, 2.45) is 0 Å². The normalized spacial score (nSPS) is 11.1. The lowest BCUT2D eigenvalue weighted by atomic mass is 9.98. The molecule has 0 aliphatic heterocycles. The fraction of sp³-hybridized carbons (Fsp3) is 0.192. The molecule has 11 nitrogen and oxygen atoms in total. The van der Waals surface area contributed by atoms with E-state index in [-0.39, 0.29) is 29.5 Å². The van der Waals surface area contributed by atoms with Crippen LogP contribution in [0, 0.1) is 24.7 Å². The van der Waals surface area contributed by atoms with E-state index in [1.54, 1.807) is 30.3 Å². The Balaban J connectivity index is 0.000000228. The Hall–Kier alpha value is -7.51. The highest BCUT2D eigenvalue weighted by molar-refractivity contribution is 7.91. The zero-order valence-electron chi connectivity index (χ0n) is 35.8. The number of nitrogens with one attached hydrogen (secondary N) is 1. The zero-order chi connectivity index (χ0) is 46.0. The van der Waals surface area contributed by atoms with Gasteiger partial charge in [-0.2, -0.15) is 0 Å². The second-order valence-electron chi connectivity index (χ2n) is 15.3. The van der Waals surface area contributed by atoms with Gasteiger partial charge >= 0.3 is 5.97 Å². The van der Waals surface area contributed by atoms with Gasteiger partial charge in [-0.25, -0.2) is 23.2 Å². The molecule has 0 atom stereocenters. The number of fused-ring (bicyclic) bond motifs is 2. The number of aromatic carboxylic acids is 1. The molecule has 3 N–H and O–H groups in total. The highest BCUT2D eigenvalue weighted by atomic mass is 32.2. The number of terminal acetylenes is 2. The Morgan fingerprint density at radius 3 is 1.61 bits per heavy atom. The van der Waals surface area contributed by atoms with E-state index in [0.717, 1.165) is 32.7 Å². The number of pyridine rings is 2. The Kier molecular flexibility index (Phi) is 14.8. The molecule has 7 aromatic rings. The topological polar surface area (TPSA) is 165 Å². The summed E-state index contributed by atoms with van der Waals surface area (Å²) < 4.78 is 35.8. The average molecular weight is 874 g/mol. The molecule has 64 heavy (non-hydrogen) atoms. The second-order valence-corrected chi connectivity index (χ2v) is 17.5. The molecular formula is C52H47N3O8S. The molecule has 2 heterocycles. The number of rotatable bonds is 14. The summed E-state index contributed by atoms with van der Waals surface area (Å²) in [5.41, 5.74) is 5.79. The van der Waals surface area contributed by atoms with Crippen LogP contribution in [0.1, 0.15) is 71.6 Å². The molecule has 7 rings (SSSR count). The Labute approximate surface area is 373 Å². The third kappa shape index (κ3) is 11.1. The quantitative estimate of drug-likeness (QED) is 0.0896. The summed E-state index contributed by atoms with van der Waals surface area (Å²) in [5, 5.41) is 24.4. The summed E-state index contributed by atoms with van der Waals surface area (Å²) in [6.45, 7) is 8.30. The van der Waals surface area contributed by atoms with E-state index in [1.165, 1.54) is 29.3 Å². The fourth-order valence-corrected chi connectivity index (χ4v) is 7.87. The maximum atomic E-state index is 13.3. The van der Waals surface area contributed by atoms with Gasteiger partial charge in [0.25, 0.3) is 5.91 Å². The van der Waals surface area contributed by atoms with Gasteiger partial charge in [0.1, 0.15) is 36.1 Å². The number of carbonyl (C=O) groups excluding carboxylic acids is 1. The molecule has 324 valence electrons. The molecule has 0 spiro atoms. The molecule has 0 saturated heterocycles. The largest absolute Gasteiger partial charge is 0.481 e. The van der Waals surface area contributed by atoms with Gasteiger partial charge in [0.15, 0.2) is 9.84 Å². The van der Waals surface area contributed by atoms with Gasteiger partial charge in [-0.1, -0.05) is 106 Å². The van der Waals surface area contributed by atoms with Gasteiger partial charge in [-0.3, -0.25) is 4.79 Å². The number of nitrogens with zero attached hydrogens (tertiary/aromatic N) is 2. The number of anilines is 1. The minimum Gasteiger partial charge on any atom is -0.481 e. The molecule has 0 saturated carbocycles. The number of aromatic nitrogens is 2. The maximum Gasteiger partial charge on any atom is 0.354 e. The van der Waals surface area contributed by atoms with Crippen molar-refractivity contribution < 1.29 is 37.7 Å². The number of benzene rings is 5. The van der Waals surface area contributed by atoms with Crippen LogP contribution < -0.4 is 14.8 Å². The van der Waals surface area contributed by atoms with E-state index >= 15 is 0 Å². The lowest BCUT2D eigenvalue weighted by Gasteiger charge is -2.13. The van der Waals surface area contributed by atoms with Crippen LogP contribution in [0.15, 0.2) is 126 Å². The molecule has 5 aromatic carbocycles. The third-order valence-electron chi connectivity index (χ3n) is 10.2. The van der Waals surface area contributed by atoms with Gasteiger partial charge in [0.2, 0.25) is 0 Å². The molecule has 0 aliphatic rings. The molecule has 0 unspecified atom stereocenters. The summed E-state index contributed by atoms with van der Waals surface area (Å²) in [7, 11) is -3.67. The number of aliphatic hydroxyl groups is 1. The SMILES string of the molecule is C#CCOc1ccc2cc(C(=O)Nc3cccc(S(=O)(=O)CCO)c3)nc(-c3ccc(C(C)C)cc3)c2c1.C#CCOc1ccc2cc(C(=O)O)nc(-c3ccc(C(C)C)cc3)c2c1. The van der Waals surface area contributed by atoms with Crippen LogP contribution in [0.5, 0.6) is 11.5 Å². The highest BCUT2D eigenvalue weighted by Gasteiger charge is 2.19. The third-order valence-corrected chi connectivity index (χ3v) is 11.9. The Morgan fingerprint density at radius 1 is 0.672 bits per heavy atom. The first-order valence-corrected chi connectivity index (χ1v) is 22.1. The standard InChI is InChI=1S/C30H28N2O5S.C22H19NO3/c1-4-15-37-25-13-12-23-17-28(30(34)31-24-6-5-7-26(18-24)38(35,36)16-14-33)32-29(27(23)19-25)22-10-8-21(9-11-22)20(2)3;1-4-11-26-18-10-9-17-12-20(22(24)25)23-21(19(17)13-18)16-7-5-15(6-8-16)14(2)3/h1,5-13,17-20,33H,14-16H2,2-3H3,(H,31,34);1,5-10,12-14H,11H2,2-3H3,(H,24,25). The minimum absolute atomic E-state index is 0.0118. The van der Waals surface area contributed by atoms with Crippen LogP contribution in [-0.2, 0) is 9.84 Å². The summed E-state index contributed by atoms with van der Waals surface area (Å²) in [6.07, 6.45) is 10.6. The molecule has 0 aliphatic carbocycles. The maximum absolute atomic E-state index is 13.3. The molecule has 0 fully saturated rings. The van der Waals surface area contributed by atoms with E-state index in [9.17, 15) is 23.1 Å². The lowest BCUT2D eigenvalue weighted by molar-refractivity contribution is 0.0690. The number of ether oxygens (including phenoxy) is 2. The first kappa shape index (κ1) is 46.0. The van der Waals surface area contributed by atoms with Crippen molar-refractivity contribution in [1.82, 2.24) is 9.97 Å². The average Bonchev–Trinajstić information content (AvgIpc) is 3.29. The van der Waals surface area contributed by atoms with Crippen LogP contribution in [0.3, 0.4) is 0 Å². The van der Waals surface area contributed by atoms with E-state index < -0.39 is 34.1 Å². The van der Waals surface area contributed by atoms with Crippen molar-refractivity contribution in [3.8, 4) is 58.7 Å². The van der Waals surface area contributed by atoms with E-state index in [0.29, 0.717) is 40.4 Å². The molecular weight excluding hydrogens is 827 g/mol. The number of hydrogen-bond acceptors (Lipinski definition) is 9. The zero-order valence-corrected chi connectivity index (χ0v) is 36.6. The minimum atomic E-state index is -3.67. The van der Waals surface area contributed by atoms with Gasteiger partial charge in [-0.05, 0) is 88.3 Å². The van der Waals surface area contributed by atoms with Crippen LogP contribution in [-0.4, -0.2) is 66.0 Å². The van der Waals surface area contributed by atoms with Gasteiger partial charge < -0.3 is 25.0 Å². The van der Waals surface area contributed by atoms with Gasteiger partial charge in [-0.15, -0.1) is 12.8 Å². The van der Waals surface area contributed by atoms with Crippen molar-refractivity contribution in [1.29, 1.82) is 0 Å². The van der Waals surface area contributed by atoms with E-state index in [2.05, 4.69) is 49.8 Å². The van der Waals surface area contributed by atoms with Crippen molar-refractivity contribution in [2.75, 3.05) is 30.9 Å². The summed E-state index contributed by atoms with van der Waals surface area (Å²) in [5.74, 6) is 4.95. The van der Waals surface area contributed by atoms with E-state index in [1.807, 2.05) is 72.8 Å². The highest BCUT2D eigenvalue weighted by Crippen LogP contribution is 2.34. The Morgan fingerprint density at radius 2 is 1.16 bits per heavy atom. The van der Waals surface area contributed by atoms with Crippen LogP contribution >= 0.6 is 0 Å². The molecule has 2 aromatic heterocycles. The van der Waals surface area contributed by atoms with E-state index in [4.69, 9.17) is 32.4 Å². The number of aliphatic hydroxyl groups excluding tert-OH is 1. The molecule has 0 bridgehead atoms. The van der Waals surface area contributed by atoms with Crippen LogP contribution in [0.2, 0.25) is 0 Å². The molecule has 0 radical (unpaired) electrons. The second kappa shape index (κ2) is 20.6. The smallest absolute Gasteiger partial charge is 0.354 e. The summed E-state index contributed by atoms with van der Waals surface area (Å²) in [6, 6.07) is 36.1. The number of carboxylic acid groups (broad SMARTS) is 1. The lowest BCUT2D eigenvalue weighted by Crippen LogP contribution is -2.15. The summed E-state index contributed by atoms with van der Waals surface area (Å²) >= 11 is 0. The number of carbonyl (C=O) groups is 2. The fourth-order valence-electron chi connectivity index (χ4n) is 6.80. The van der Waals surface area contributed by atoms with Gasteiger partial charge in [0, 0.05) is 27.6 Å². The van der Waals surface area contributed by atoms with Crippen LogP contribution in [0.4, 0.5) is 5.69 Å². The van der Waals surface area contributed by atoms with Crippen molar-refractivity contribution in [2.45, 2.75) is 44.4 Å². The predicted octanol–water partition coefficient (Wildman–Crippen LogP) is 9.79.